The fourth-order valence-electron chi connectivity index (χ4n) is 2.63. The zero-order valence-electron chi connectivity index (χ0n) is 16.2. The minimum atomic E-state index is -0.181. The second-order valence-corrected chi connectivity index (χ2v) is 6.14. The lowest BCUT2D eigenvalue weighted by atomic mass is 9.99. The number of furan rings is 1. The standard InChI is InChI=1S/C19H29N5O3/c1-4-14(5-2)17-10-16(27-24-17)12-22-19(20-6-3)23-13-18(25)21-11-15-8-7-9-26-15/h7-10,14H,4-6,11-13H2,1-3H3,(H,21,25)(H2,20,22,23). The van der Waals surface area contributed by atoms with Crippen LogP contribution in [0, 0.1) is 0 Å². The molecule has 2 aromatic rings. The zero-order valence-corrected chi connectivity index (χ0v) is 16.2. The minimum Gasteiger partial charge on any atom is -0.467 e. The van der Waals surface area contributed by atoms with Crippen molar-refractivity contribution in [2.24, 2.45) is 4.99 Å². The first-order chi connectivity index (χ1) is 13.2. The Bertz CT molecular complexity index is 705. The van der Waals surface area contributed by atoms with E-state index in [1.54, 1.807) is 12.3 Å². The molecule has 0 aliphatic carbocycles. The average molecular weight is 375 g/mol. The van der Waals surface area contributed by atoms with Gasteiger partial charge in [0.05, 0.1) is 25.0 Å². The number of carbonyl (C=O) groups is 1. The van der Waals surface area contributed by atoms with Gasteiger partial charge in [0.25, 0.3) is 0 Å². The van der Waals surface area contributed by atoms with Gasteiger partial charge in [0, 0.05) is 18.5 Å². The summed E-state index contributed by atoms with van der Waals surface area (Å²) in [7, 11) is 0. The van der Waals surface area contributed by atoms with E-state index in [-0.39, 0.29) is 12.5 Å². The second-order valence-electron chi connectivity index (χ2n) is 6.14. The Morgan fingerprint density at radius 1 is 1.15 bits per heavy atom. The molecule has 0 aromatic carbocycles. The molecule has 0 radical (unpaired) electrons. The van der Waals surface area contributed by atoms with Crippen molar-refractivity contribution in [1.82, 2.24) is 21.1 Å². The summed E-state index contributed by atoms with van der Waals surface area (Å²) in [6.07, 6.45) is 3.64. The van der Waals surface area contributed by atoms with E-state index in [0.29, 0.717) is 37.3 Å². The molecule has 0 aliphatic heterocycles. The lowest BCUT2D eigenvalue weighted by molar-refractivity contribution is -0.119. The van der Waals surface area contributed by atoms with Gasteiger partial charge in [0.15, 0.2) is 11.7 Å². The van der Waals surface area contributed by atoms with E-state index in [1.165, 1.54) is 0 Å². The molecule has 2 rings (SSSR count). The normalized spacial score (nSPS) is 11.6. The van der Waals surface area contributed by atoms with Crippen LogP contribution in [0.4, 0.5) is 0 Å². The molecule has 0 spiro atoms. The summed E-state index contributed by atoms with van der Waals surface area (Å²) in [5.41, 5.74) is 0.982. The van der Waals surface area contributed by atoms with Crippen LogP contribution in [0.2, 0.25) is 0 Å². The average Bonchev–Trinajstić information content (AvgIpc) is 3.35. The van der Waals surface area contributed by atoms with Crippen LogP contribution in [0.15, 0.2) is 38.4 Å². The van der Waals surface area contributed by atoms with E-state index in [2.05, 4.69) is 39.9 Å². The summed E-state index contributed by atoms with van der Waals surface area (Å²) in [5, 5.41) is 13.2. The molecule has 0 bridgehead atoms. The van der Waals surface area contributed by atoms with Gasteiger partial charge in [-0.2, -0.15) is 0 Å². The SMILES string of the molecule is CCNC(=NCC(=O)NCc1ccco1)NCc1cc(C(CC)CC)no1. The Kier molecular flexibility index (Phi) is 8.41. The van der Waals surface area contributed by atoms with E-state index in [1.807, 2.05) is 19.1 Å². The predicted molar refractivity (Wildman–Crippen MR) is 103 cm³/mol. The van der Waals surface area contributed by atoms with Crippen LogP contribution in [0.1, 0.15) is 56.7 Å². The van der Waals surface area contributed by atoms with E-state index < -0.39 is 0 Å². The molecule has 8 nitrogen and oxygen atoms in total. The van der Waals surface area contributed by atoms with Crippen molar-refractivity contribution in [3.05, 3.63) is 41.7 Å². The minimum absolute atomic E-state index is 0.0193. The van der Waals surface area contributed by atoms with Crippen molar-refractivity contribution < 1.29 is 13.7 Å². The summed E-state index contributed by atoms with van der Waals surface area (Å²) in [5.74, 6) is 2.23. The lowest BCUT2D eigenvalue weighted by Gasteiger charge is -2.10. The Hall–Kier alpha value is -2.77. The molecule has 2 heterocycles. The molecule has 1 amide bonds. The molecular weight excluding hydrogens is 346 g/mol. The number of guanidine groups is 1. The van der Waals surface area contributed by atoms with E-state index >= 15 is 0 Å². The Labute approximate surface area is 159 Å². The molecule has 148 valence electrons. The number of hydrogen-bond donors (Lipinski definition) is 3. The fraction of sp³-hybridized carbons (Fsp3) is 0.526. The number of aliphatic imine (C=N–C) groups is 1. The van der Waals surface area contributed by atoms with Gasteiger partial charge in [-0.15, -0.1) is 0 Å². The molecule has 0 fully saturated rings. The van der Waals surface area contributed by atoms with Crippen molar-refractivity contribution in [3.8, 4) is 0 Å². The molecule has 2 aromatic heterocycles. The first-order valence-electron chi connectivity index (χ1n) is 9.42. The van der Waals surface area contributed by atoms with Crippen molar-refractivity contribution >= 4 is 11.9 Å². The summed E-state index contributed by atoms with van der Waals surface area (Å²) in [4.78, 5) is 16.2. The Balaban J connectivity index is 1.83. The van der Waals surface area contributed by atoms with Crippen LogP contribution in [0.5, 0.6) is 0 Å². The highest BCUT2D eigenvalue weighted by atomic mass is 16.5. The van der Waals surface area contributed by atoms with Gasteiger partial charge in [-0.3, -0.25) is 4.79 Å². The maximum Gasteiger partial charge on any atom is 0.242 e. The number of rotatable bonds is 10. The second kappa shape index (κ2) is 11.1. The Morgan fingerprint density at radius 3 is 2.59 bits per heavy atom. The van der Waals surface area contributed by atoms with Gasteiger partial charge < -0.3 is 24.9 Å². The molecule has 0 unspecified atom stereocenters. The largest absolute Gasteiger partial charge is 0.467 e. The molecule has 0 atom stereocenters. The molecule has 27 heavy (non-hydrogen) atoms. The molecule has 3 N–H and O–H groups in total. The van der Waals surface area contributed by atoms with Gasteiger partial charge in [-0.25, -0.2) is 4.99 Å². The third-order valence-electron chi connectivity index (χ3n) is 4.18. The van der Waals surface area contributed by atoms with Gasteiger partial charge in [-0.05, 0) is 31.9 Å². The quantitative estimate of drug-likeness (QED) is 0.435. The Morgan fingerprint density at radius 2 is 1.93 bits per heavy atom. The third-order valence-corrected chi connectivity index (χ3v) is 4.18. The molecule has 0 aliphatic rings. The highest BCUT2D eigenvalue weighted by molar-refractivity contribution is 5.84. The van der Waals surface area contributed by atoms with E-state index in [0.717, 1.165) is 24.3 Å². The highest BCUT2D eigenvalue weighted by Crippen LogP contribution is 2.22. The van der Waals surface area contributed by atoms with Crippen molar-refractivity contribution in [2.45, 2.75) is 52.6 Å². The van der Waals surface area contributed by atoms with Gasteiger partial charge in [-0.1, -0.05) is 19.0 Å². The number of nitrogens with one attached hydrogen (secondary N) is 3. The lowest BCUT2D eigenvalue weighted by Crippen LogP contribution is -2.38. The van der Waals surface area contributed by atoms with Crippen LogP contribution in [-0.2, 0) is 17.9 Å². The monoisotopic (exact) mass is 375 g/mol. The van der Waals surface area contributed by atoms with Crippen LogP contribution < -0.4 is 16.0 Å². The smallest absolute Gasteiger partial charge is 0.242 e. The van der Waals surface area contributed by atoms with Gasteiger partial charge >= 0.3 is 0 Å². The summed E-state index contributed by atoms with van der Waals surface area (Å²) in [6, 6.07) is 5.57. The van der Waals surface area contributed by atoms with Crippen LogP contribution >= 0.6 is 0 Å². The number of nitrogens with zero attached hydrogens (tertiary/aromatic N) is 2. The molecular formula is C19H29N5O3. The first kappa shape index (κ1) is 20.5. The summed E-state index contributed by atoms with van der Waals surface area (Å²) >= 11 is 0. The fourth-order valence-corrected chi connectivity index (χ4v) is 2.63. The van der Waals surface area contributed by atoms with E-state index in [9.17, 15) is 4.79 Å². The number of carbonyl (C=O) groups excluding carboxylic acids is 1. The maximum atomic E-state index is 11.9. The number of aromatic nitrogens is 1. The van der Waals surface area contributed by atoms with Crippen molar-refractivity contribution in [3.63, 3.8) is 0 Å². The molecule has 8 heteroatoms. The third kappa shape index (κ3) is 6.80. The summed E-state index contributed by atoms with van der Waals surface area (Å²) < 4.78 is 10.6. The molecule has 0 saturated heterocycles. The van der Waals surface area contributed by atoms with Crippen LogP contribution in [-0.4, -0.2) is 30.1 Å². The summed E-state index contributed by atoms with van der Waals surface area (Å²) in [6.45, 7) is 7.77. The highest BCUT2D eigenvalue weighted by Gasteiger charge is 2.13. The van der Waals surface area contributed by atoms with Crippen molar-refractivity contribution in [1.29, 1.82) is 0 Å². The number of amides is 1. The zero-order chi connectivity index (χ0) is 19.5. The van der Waals surface area contributed by atoms with Gasteiger partial charge in [0.1, 0.15) is 12.3 Å². The van der Waals surface area contributed by atoms with Crippen molar-refractivity contribution in [2.75, 3.05) is 13.1 Å². The topological polar surface area (TPSA) is 105 Å². The first-order valence-corrected chi connectivity index (χ1v) is 9.42. The van der Waals surface area contributed by atoms with Crippen LogP contribution in [0.3, 0.4) is 0 Å². The van der Waals surface area contributed by atoms with Crippen LogP contribution in [0.25, 0.3) is 0 Å². The van der Waals surface area contributed by atoms with E-state index in [4.69, 9.17) is 8.94 Å². The maximum absolute atomic E-state index is 11.9. The molecule has 0 saturated carbocycles. The number of hydrogen-bond acceptors (Lipinski definition) is 5. The van der Waals surface area contributed by atoms with Gasteiger partial charge in [0.2, 0.25) is 5.91 Å². The predicted octanol–water partition coefficient (Wildman–Crippen LogP) is 2.54.